The number of carbonyl (C=O) groups excluding carboxylic acids is 3. The van der Waals surface area contributed by atoms with Crippen LogP contribution in [-0.4, -0.2) is 49.0 Å². The van der Waals surface area contributed by atoms with E-state index in [1.165, 1.54) is 0 Å². The normalized spacial score (nSPS) is 20.3. The van der Waals surface area contributed by atoms with Crippen LogP contribution in [0.4, 0.5) is 10.5 Å². The lowest BCUT2D eigenvalue weighted by molar-refractivity contribution is -0.126. The van der Waals surface area contributed by atoms with E-state index in [0.29, 0.717) is 31.9 Å². The number of anilines is 1. The highest BCUT2D eigenvalue weighted by molar-refractivity contribution is 6.01. The van der Waals surface area contributed by atoms with Crippen molar-refractivity contribution in [3.63, 3.8) is 0 Å². The minimum absolute atomic E-state index is 0.134. The number of fused-ring (bicyclic) bond motifs is 1. The third kappa shape index (κ3) is 3.44. The van der Waals surface area contributed by atoms with Gasteiger partial charge in [0.2, 0.25) is 11.8 Å². The summed E-state index contributed by atoms with van der Waals surface area (Å²) in [7, 11) is 0. The average Bonchev–Trinajstić information content (AvgIpc) is 2.55. The van der Waals surface area contributed by atoms with Crippen molar-refractivity contribution in [3.05, 3.63) is 29.8 Å². The van der Waals surface area contributed by atoms with E-state index in [1.54, 1.807) is 11.0 Å². The predicted molar refractivity (Wildman–Crippen MR) is 83.0 cm³/mol. The van der Waals surface area contributed by atoms with Crippen molar-refractivity contribution >= 4 is 23.6 Å². The van der Waals surface area contributed by atoms with Gasteiger partial charge >= 0.3 is 6.09 Å². The highest BCUT2D eigenvalue weighted by Crippen LogP contribution is 2.31. The van der Waals surface area contributed by atoms with Crippen molar-refractivity contribution in [3.8, 4) is 0 Å². The second-order valence-corrected chi connectivity index (χ2v) is 5.64. The van der Waals surface area contributed by atoms with E-state index < -0.39 is 5.92 Å². The number of ether oxygens (including phenoxy) is 1. The molecule has 2 N–H and O–H groups in total. The maximum absolute atomic E-state index is 12.4. The molecule has 7 nitrogen and oxygen atoms in total. The smallest absolute Gasteiger partial charge is 0.409 e. The molecule has 0 spiro atoms. The molecule has 1 aromatic carbocycles. The molecule has 0 saturated carbocycles. The molecule has 0 aromatic heterocycles. The van der Waals surface area contributed by atoms with Gasteiger partial charge in [0.05, 0.1) is 12.5 Å². The summed E-state index contributed by atoms with van der Waals surface area (Å²) < 4.78 is 4.95. The van der Waals surface area contributed by atoms with E-state index in [-0.39, 0.29) is 24.3 Å². The third-order valence-electron chi connectivity index (χ3n) is 4.05. The van der Waals surface area contributed by atoms with Crippen molar-refractivity contribution < 1.29 is 19.1 Å². The highest BCUT2D eigenvalue weighted by Gasteiger charge is 2.30. The number of benzene rings is 1. The van der Waals surface area contributed by atoms with E-state index in [9.17, 15) is 14.4 Å². The summed E-state index contributed by atoms with van der Waals surface area (Å²) >= 11 is 0. The Morgan fingerprint density at radius 2 is 2.17 bits per heavy atom. The van der Waals surface area contributed by atoms with E-state index in [2.05, 4.69) is 10.6 Å². The first-order valence-electron chi connectivity index (χ1n) is 7.73. The molecule has 0 aliphatic carbocycles. The van der Waals surface area contributed by atoms with E-state index in [0.717, 1.165) is 12.0 Å². The van der Waals surface area contributed by atoms with Crippen LogP contribution in [0.25, 0.3) is 0 Å². The fourth-order valence-electron chi connectivity index (χ4n) is 2.88. The van der Waals surface area contributed by atoms with Gasteiger partial charge < -0.3 is 20.3 Å². The lowest BCUT2D eigenvalue weighted by Crippen LogP contribution is -2.43. The molecule has 3 amide bonds. The molecule has 2 heterocycles. The van der Waals surface area contributed by atoms with Crippen LogP contribution >= 0.6 is 0 Å². The Kier molecular flexibility index (Phi) is 4.45. The maximum Gasteiger partial charge on any atom is 0.409 e. The van der Waals surface area contributed by atoms with Gasteiger partial charge in [-0.05, 0) is 18.1 Å². The Labute approximate surface area is 134 Å². The van der Waals surface area contributed by atoms with Crippen LogP contribution in [0.15, 0.2) is 24.3 Å². The Morgan fingerprint density at radius 3 is 3.00 bits per heavy atom. The van der Waals surface area contributed by atoms with Gasteiger partial charge in [0.25, 0.3) is 0 Å². The zero-order chi connectivity index (χ0) is 16.2. The molecule has 0 radical (unpaired) electrons. The van der Waals surface area contributed by atoms with Gasteiger partial charge in [-0.3, -0.25) is 9.59 Å². The molecular formula is C16H19N3O4. The van der Waals surface area contributed by atoms with Crippen molar-refractivity contribution in [2.75, 3.05) is 31.6 Å². The van der Waals surface area contributed by atoms with Crippen LogP contribution < -0.4 is 10.6 Å². The summed E-state index contributed by atoms with van der Waals surface area (Å²) in [5.74, 6) is -0.852. The molecule has 2 aliphatic heterocycles. The fourth-order valence-corrected chi connectivity index (χ4v) is 2.88. The minimum Gasteiger partial charge on any atom is -0.449 e. The number of nitrogens with one attached hydrogen (secondary N) is 2. The molecule has 2 aliphatic rings. The van der Waals surface area contributed by atoms with E-state index >= 15 is 0 Å². The Morgan fingerprint density at radius 1 is 1.35 bits per heavy atom. The summed E-state index contributed by atoms with van der Waals surface area (Å²) in [6, 6.07) is 7.30. The standard InChI is InChI=1S/C16H19N3O4/c20-14-10-12(11-4-1-2-5-13(11)18-14)15(21)17-6-8-19-7-3-9-23-16(19)22/h1-2,4-5,12H,3,6-10H2,(H,17,21)(H,18,20)/t12-/m0/s1. The molecule has 1 atom stereocenters. The average molecular weight is 317 g/mol. The number of nitrogens with zero attached hydrogens (tertiary/aromatic N) is 1. The minimum atomic E-state index is -0.492. The summed E-state index contributed by atoms with van der Waals surface area (Å²) in [6.07, 6.45) is 0.595. The second kappa shape index (κ2) is 6.68. The fraction of sp³-hybridized carbons (Fsp3) is 0.438. The lowest BCUT2D eigenvalue weighted by atomic mass is 9.90. The molecule has 23 heavy (non-hydrogen) atoms. The number of carbonyl (C=O) groups is 3. The van der Waals surface area contributed by atoms with E-state index in [4.69, 9.17) is 4.74 Å². The quantitative estimate of drug-likeness (QED) is 0.869. The zero-order valence-corrected chi connectivity index (χ0v) is 12.7. The van der Waals surface area contributed by atoms with Crippen LogP contribution in [-0.2, 0) is 14.3 Å². The SMILES string of the molecule is O=C1C[C@H](C(=O)NCCN2CCCOC2=O)c2ccccc2N1. The van der Waals surface area contributed by atoms with Crippen molar-refractivity contribution in [2.45, 2.75) is 18.8 Å². The first kappa shape index (κ1) is 15.3. The molecule has 122 valence electrons. The monoisotopic (exact) mass is 317 g/mol. The topological polar surface area (TPSA) is 87.7 Å². The van der Waals surface area contributed by atoms with Gasteiger partial charge in [-0.2, -0.15) is 0 Å². The molecular weight excluding hydrogens is 298 g/mol. The van der Waals surface area contributed by atoms with Gasteiger partial charge in [0, 0.05) is 31.7 Å². The lowest BCUT2D eigenvalue weighted by Gasteiger charge is -2.27. The predicted octanol–water partition coefficient (Wildman–Crippen LogP) is 1.07. The van der Waals surface area contributed by atoms with Crippen LogP contribution in [0.3, 0.4) is 0 Å². The maximum atomic E-state index is 12.4. The van der Waals surface area contributed by atoms with Crippen molar-refractivity contribution in [1.29, 1.82) is 0 Å². The summed E-state index contributed by atoms with van der Waals surface area (Å²) in [4.78, 5) is 37.2. The van der Waals surface area contributed by atoms with Crippen LogP contribution in [0, 0.1) is 0 Å². The number of hydrogen-bond acceptors (Lipinski definition) is 4. The molecule has 0 unspecified atom stereocenters. The molecule has 1 aromatic rings. The summed E-state index contributed by atoms with van der Waals surface area (Å²) in [6.45, 7) is 1.85. The first-order chi connectivity index (χ1) is 11.1. The van der Waals surface area contributed by atoms with Crippen molar-refractivity contribution in [1.82, 2.24) is 10.2 Å². The Balaban J connectivity index is 1.58. The van der Waals surface area contributed by atoms with Gasteiger partial charge in [-0.1, -0.05) is 18.2 Å². The molecule has 3 rings (SSSR count). The zero-order valence-electron chi connectivity index (χ0n) is 12.7. The van der Waals surface area contributed by atoms with Crippen molar-refractivity contribution in [2.24, 2.45) is 0 Å². The number of cyclic esters (lactones) is 1. The van der Waals surface area contributed by atoms with E-state index in [1.807, 2.05) is 18.2 Å². The number of rotatable bonds is 4. The van der Waals surface area contributed by atoms with Crippen LogP contribution in [0.5, 0.6) is 0 Å². The first-order valence-corrected chi connectivity index (χ1v) is 7.73. The Bertz CT molecular complexity index is 632. The molecule has 7 heteroatoms. The summed E-state index contributed by atoms with van der Waals surface area (Å²) in [5.41, 5.74) is 1.51. The molecule has 1 saturated heterocycles. The molecule has 1 fully saturated rings. The third-order valence-corrected chi connectivity index (χ3v) is 4.05. The van der Waals surface area contributed by atoms with Gasteiger partial charge in [0.15, 0.2) is 0 Å². The highest BCUT2D eigenvalue weighted by atomic mass is 16.6. The number of amides is 3. The number of hydrogen-bond donors (Lipinski definition) is 2. The Hall–Kier alpha value is -2.57. The second-order valence-electron chi connectivity index (χ2n) is 5.64. The largest absolute Gasteiger partial charge is 0.449 e. The van der Waals surface area contributed by atoms with Gasteiger partial charge in [-0.15, -0.1) is 0 Å². The molecule has 0 bridgehead atoms. The van der Waals surface area contributed by atoms with Crippen LogP contribution in [0.1, 0.15) is 24.3 Å². The van der Waals surface area contributed by atoms with Gasteiger partial charge in [-0.25, -0.2) is 4.79 Å². The number of para-hydroxylation sites is 1. The van der Waals surface area contributed by atoms with Crippen LogP contribution in [0.2, 0.25) is 0 Å². The van der Waals surface area contributed by atoms with Gasteiger partial charge in [0.1, 0.15) is 0 Å². The summed E-state index contributed by atoms with van der Waals surface area (Å²) in [5, 5.41) is 5.58.